The minimum absolute atomic E-state index is 0.150. The van der Waals surface area contributed by atoms with Gasteiger partial charge in [-0.05, 0) is 138 Å². The molecule has 0 aliphatic carbocycles. The number of rotatable bonds is 52. The smallest absolute Gasteiger partial charge is 0.307 e. The second-order valence-corrected chi connectivity index (χ2v) is 24.5. The van der Waals surface area contributed by atoms with E-state index in [1.54, 1.807) is 0 Å². The van der Waals surface area contributed by atoms with Gasteiger partial charge in [-0.15, -0.1) is 0 Å². The summed E-state index contributed by atoms with van der Waals surface area (Å²) in [7, 11) is 10.0. The highest BCUT2D eigenvalue weighted by molar-refractivity contribution is 8.77. The largest absolute Gasteiger partial charge is 0.466 e. The molecule has 0 unspecified atom stereocenters. The van der Waals surface area contributed by atoms with Crippen LogP contribution in [0, 0.1) is 0 Å². The number of amides is 1. The number of carbonyl (C=O) groups is 3. The molecule has 1 amide bonds. The molecule has 0 aromatic carbocycles. The van der Waals surface area contributed by atoms with E-state index in [0.717, 1.165) is 64.6 Å². The minimum Gasteiger partial charge on any atom is -0.466 e. The van der Waals surface area contributed by atoms with Gasteiger partial charge in [-0.1, -0.05) is 163 Å². The zero-order chi connectivity index (χ0) is 49.8. The summed E-state index contributed by atoms with van der Waals surface area (Å²) in [6.07, 6.45) is 41.4. The second kappa shape index (κ2) is 53.7. The molecule has 0 bridgehead atoms. The number of nitrogens with one attached hydrogen (secondary N) is 1. The zero-order valence-electron chi connectivity index (χ0n) is 44.9. The number of hydrogen-bond donors (Lipinski definition) is 1. The first-order valence-electron chi connectivity index (χ1n) is 27.5. The highest BCUT2D eigenvalue weighted by Crippen LogP contribution is 2.25. The van der Waals surface area contributed by atoms with E-state index in [0.29, 0.717) is 52.1 Å². The Bertz CT molecular complexity index is 1190. The third-order valence-corrected chi connectivity index (χ3v) is 16.8. The molecule has 0 spiro atoms. The van der Waals surface area contributed by atoms with E-state index in [9.17, 15) is 14.4 Å². The fourth-order valence-electron chi connectivity index (χ4n) is 7.39. The number of carbonyl (C=O) groups excluding carboxylic acids is 3. The van der Waals surface area contributed by atoms with Crippen molar-refractivity contribution in [3.05, 3.63) is 35.5 Å². The Morgan fingerprint density at radius 2 is 0.897 bits per heavy atom. The van der Waals surface area contributed by atoms with Gasteiger partial charge in [-0.3, -0.25) is 14.4 Å². The number of hydrogen-bond acceptors (Lipinski definition) is 11. The molecule has 12 heteroatoms. The van der Waals surface area contributed by atoms with Crippen molar-refractivity contribution in [1.82, 2.24) is 15.1 Å². The molecule has 8 nitrogen and oxygen atoms in total. The molecule has 0 aliphatic rings. The zero-order valence-corrected chi connectivity index (χ0v) is 48.1. The van der Waals surface area contributed by atoms with E-state index >= 15 is 0 Å². The first-order chi connectivity index (χ1) is 33.1. The first-order valence-corrected chi connectivity index (χ1v) is 32.5. The molecule has 0 saturated carbocycles. The second-order valence-electron chi connectivity index (χ2n) is 19.1. The van der Waals surface area contributed by atoms with Gasteiger partial charge >= 0.3 is 11.9 Å². The summed E-state index contributed by atoms with van der Waals surface area (Å²) in [4.78, 5) is 42.4. The average molecular weight is 1030 g/mol. The van der Waals surface area contributed by atoms with Gasteiger partial charge in [-0.2, -0.15) is 0 Å². The summed E-state index contributed by atoms with van der Waals surface area (Å²) in [6.45, 7) is 16.1. The molecule has 0 saturated heterocycles. The van der Waals surface area contributed by atoms with Crippen LogP contribution in [0.3, 0.4) is 0 Å². The Morgan fingerprint density at radius 3 is 1.40 bits per heavy atom. The number of unbranched alkanes of at least 4 members (excludes halogenated alkanes) is 19. The number of allylic oxidation sites excluding steroid dienone is 6. The van der Waals surface area contributed by atoms with Crippen molar-refractivity contribution in [2.75, 3.05) is 82.5 Å². The Kier molecular flexibility index (Phi) is 52.9. The molecule has 0 radical (unpaired) electrons. The lowest BCUT2D eigenvalue weighted by atomic mass is 10.1. The molecule has 0 rings (SSSR count). The number of likely N-dealkylation sites (N-methyl/N-ethyl adjacent to an activating group) is 1. The van der Waals surface area contributed by atoms with Crippen LogP contribution in [0.15, 0.2) is 35.5 Å². The lowest BCUT2D eigenvalue weighted by Crippen LogP contribution is -2.35. The van der Waals surface area contributed by atoms with Gasteiger partial charge in [0.05, 0.1) is 26.1 Å². The van der Waals surface area contributed by atoms with Crippen LogP contribution in [0.4, 0.5) is 0 Å². The Hall–Kier alpha value is -1.05. The molecule has 0 atom stereocenters. The van der Waals surface area contributed by atoms with Crippen molar-refractivity contribution < 1.29 is 23.9 Å². The van der Waals surface area contributed by atoms with Crippen LogP contribution in [-0.4, -0.2) is 110 Å². The molecular formula is C56H105N3O5S4. The maximum absolute atomic E-state index is 12.7. The van der Waals surface area contributed by atoms with Crippen molar-refractivity contribution in [3.8, 4) is 0 Å². The van der Waals surface area contributed by atoms with Crippen molar-refractivity contribution >= 4 is 61.0 Å². The predicted octanol–water partition coefficient (Wildman–Crippen LogP) is 16.0. The van der Waals surface area contributed by atoms with E-state index in [-0.39, 0.29) is 17.8 Å². The maximum atomic E-state index is 12.7. The van der Waals surface area contributed by atoms with Gasteiger partial charge < -0.3 is 24.6 Å². The fraction of sp³-hybridized carbons (Fsp3) is 0.839. The highest BCUT2D eigenvalue weighted by atomic mass is 33.1. The Morgan fingerprint density at radius 1 is 0.456 bits per heavy atom. The van der Waals surface area contributed by atoms with E-state index in [1.165, 1.54) is 156 Å². The molecule has 0 heterocycles. The number of esters is 2. The van der Waals surface area contributed by atoms with Crippen LogP contribution >= 0.6 is 43.2 Å². The molecule has 68 heavy (non-hydrogen) atoms. The van der Waals surface area contributed by atoms with Gasteiger partial charge in [0.15, 0.2) is 0 Å². The molecule has 0 fully saturated rings. The van der Waals surface area contributed by atoms with Crippen molar-refractivity contribution in [3.63, 3.8) is 0 Å². The number of ether oxygens (including phenoxy) is 2. The van der Waals surface area contributed by atoms with Crippen LogP contribution < -0.4 is 5.32 Å². The highest BCUT2D eigenvalue weighted by Gasteiger charge is 2.13. The van der Waals surface area contributed by atoms with Crippen LogP contribution in [-0.2, 0) is 23.9 Å². The van der Waals surface area contributed by atoms with E-state index in [1.807, 2.05) is 43.2 Å². The summed E-state index contributed by atoms with van der Waals surface area (Å²) >= 11 is 0. The van der Waals surface area contributed by atoms with Gasteiger partial charge in [0, 0.05) is 55.6 Å². The van der Waals surface area contributed by atoms with E-state index in [4.69, 9.17) is 9.47 Å². The van der Waals surface area contributed by atoms with Gasteiger partial charge in [0.2, 0.25) is 5.91 Å². The maximum Gasteiger partial charge on any atom is 0.307 e. The lowest BCUT2D eigenvalue weighted by Gasteiger charge is -2.23. The van der Waals surface area contributed by atoms with Crippen LogP contribution in [0.25, 0.3) is 0 Å². The van der Waals surface area contributed by atoms with Gasteiger partial charge in [0.25, 0.3) is 0 Å². The summed E-state index contributed by atoms with van der Waals surface area (Å²) in [6, 6.07) is 0. The summed E-state index contributed by atoms with van der Waals surface area (Å²) in [5, 5.41) is 3.11. The molecular weight excluding hydrogens is 923 g/mol. The van der Waals surface area contributed by atoms with Crippen molar-refractivity contribution in [1.29, 1.82) is 0 Å². The number of nitrogens with zero attached hydrogens (tertiary/aromatic N) is 2. The Labute approximate surface area is 436 Å². The SMILES string of the molecule is CCCCCCCC/C=C\CCCCCCCC(=O)NCCN(C)CCCN(CCC(=O)OCCCCCCSSCCCC=C(C)C)CCC(=O)OCCCCCCSSCCCC=C(C)C. The van der Waals surface area contributed by atoms with Crippen LogP contribution in [0.1, 0.15) is 221 Å². The van der Waals surface area contributed by atoms with Gasteiger partial charge in [-0.25, -0.2) is 0 Å². The average Bonchev–Trinajstić information content (AvgIpc) is 3.31. The predicted molar refractivity (Wildman–Crippen MR) is 306 cm³/mol. The third-order valence-electron chi connectivity index (χ3n) is 11.7. The topological polar surface area (TPSA) is 88.2 Å². The summed E-state index contributed by atoms with van der Waals surface area (Å²) in [5.41, 5.74) is 2.81. The fourth-order valence-corrected chi connectivity index (χ4v) is 11.9. The quantitative estimate of drug-likeness (QED) is 0.0273. The molecule has 0 aromatic heterocycles. The molecule has 0 aliphatic heterocycles. The van der Waals surface area contributed by atoms with Crippen LogP contribution in [0.5, 0.6) is 0 Å². The summed E-state index contributed by atoms with van der Waals surface area (Å²) < 4.78 is 11.2. The van der Waals surface area contributed by atoms with E-state index < -0.39 is 0 Å². The first kappa shape index (κ1) is 67.0. The van der Waals surface area contributed by atoms with E-state index in [2.05, 4.69) is 81.1 Å². The summed E-state index contributed by atoms with van der Waals surface area (Å²) in [5.74, 6) is 4.60. The molecule has 0 aromatic rings. The minimum atomic E-state index is -0.163. The Balaban J connectivity index is 4.38. The standard InChI is InChI=1S/C56H105N3O5S4/c1-7-8-9-10-11-12-13-14-15-16-17-18-19-20-25-37-54(60)57-40-45-58(6)41-34-42-59(43-38-55(61)63-46-28-21-23-30-48-65-67-50-32-26-35-52(2)3)44-39-56(62)64-47-29-22-24-31-49-66-68-51-33-27-36-53(4)5/h14-15,35-36H,7-13,16-34,37-51H2,1-6H3,(H,57,60)/b15-14-. The monoisotopic (exact) mass is 1030 g/mol. The normalized spacial score (nSPS) is 11.5. The molecule has 1 N–H and O–H groups in total. The van der Waals surface area contributed by atoms with Crippen molar-refractivity contribution in [2.45, 2.75) is 221 Å². The van der Waals surface area contributed by atoms with Crippen LogP contribution in [0.2, 0.25) is 0 Å². The van der Waals surface area contributed by atoms with Crippen molar-refractivity contribution in [2.24, 2.45) is 0 Å². The van der Waals surface area contributed by atoms with Gasteiger partial charge in [0.1, 0.15) is 0 Å². The molecule has 398 valence electrons. The third kappa shape index (κ3) is 54.3. The lowest BCUT2D eigenvalue weighted by molar-refractivity contribution is -0.144.